The second-order valence-electron chi connectivity index (χ2n) is 7.31. The highest BCUT2D eigenvalue weighted by atomic mass is 16.5. The van der Waals surface area contributed by atoms with Crippen LogP contribution in [-0.2, 0) is 17.8 Å². The lowest BCUT2D eigenvalue weighted by Crippen LogP contribution is -2.48. The molecule has 0 radical (unpaired) electrons. The van der Waals surface area contributed by atoms with E-state index in [4.69, 9.17) is 8.94 Å². The Bertz CT molecular complexity index is 929. The van der Waals surface area contributed by atoms with Crippen LogP contribution in [0.3, 0.4) is 0 Å². The van der Waals surface area contributed by atoms with Gasteiger partial charge in [0.1, 0.15) is 5.76 Å². The van der Waals surface area contributed by atoms with Crippen LogP contribution < -0.4 is 0 Å². The van der Waals surface area contributed by atoms with Gasteiger partial charge >= 0.3 is 0 Å². The number of carbonyl (C=O) groups excluding carboxylic acids is 1. The van der Waals surface area contributed by atoms with Gasteiger partial charge in [0.15, 0.2) is 0 Å². The summed E-state index contributed by atoms with van der Waals surface area (Å²) in [5.41, 5.74) is 1.85. The van der Waals surface area contributed by atoms with Gasteiger partial charge in [-0.05, 0) is 25.5 Å². The number of aromatic nitrogens is 3. The number of hydrogen-bond acceptors (Lipinski definition) is 7. The van der Waals surface area contributed by atoms with Crippen molar-refractivity contribution >= 4 is 5.91 Å². The van der Waals surface area contributed by atoms with E-state index >= 15 is 0 Å². The standard InChI is InChI=1S/C21H25N5O3/c1-16-14-18(24-29-16)15-25-10-12-26(13-11-25)20(27)9-5-8-19-22-23-21(28-19)17-6-3-2-4-7-17/h2-4,6-7,14H,5,8-13,15H2,1H3. The molecule has 3 heterocycles. The number of nitrogens with zero attached hydrogens (tertiary/aromatic N) is 5. The highest BCUT2D eigenvalue weighted by Crippen LogP contribution is 2.18. The number of amides is 1. The summed E-state index contributed by atoms with van der Waals surface area (Å²) in [6, 6.07) is 11.6. The predicted molar refractivity (Wildman–Crippen MR) is 106 cm³/mol. The molecule has 3 aromatic rings. The molecule has 0 saturated carbocycles. The predicted octanol–water partition coefficient (Wildman–Crippen LogP) is 2.70. The van der Waals surface area contributed by atoms with Gasteiger partial charge in [-0.1, -0.05) is 23.4 Å². The molecule has 1 aliphatic heterocycles. The van der Waals surface area contributed by atoms with Gasteiger partial charge in [-0.3, -0.25) is 9.69 Å². The van der Waals surface area contributed by atoms with Crippen molar-refractivity contribution in [3.8, 4) is 11.5 Å². The first-order valence-corrected chi connectivity index (χ1v) is 9.97. The topological polar surface area (TPSA) is 88.5 Å². The van der Waals surface area contributed by atoms with Crippen LogP contribution in [0.25, 0.3) is 11.5 Å². The van der Waals surface area contributed by atoms with Gasteiger partial charge in [0.2, 0.25) is 17.7 Å². The summed E-state index contributed by atoms with van der Waals surface area (Å²) in [6.07, 6.45) is 1.80. The SMILES string of the molecule is Cc1cc(CN2CCN(C(=O)CCCc3nnc(-c4ccccc4)o3)CC2)no1. The molecule has 1 fully saturated rings. The molecule has 0 N–H and O–H groups in total. The third-order valence-corrected chi connectivity index (χ3v) is 5.06. The van der Waals surface area contributed by atoms with Crippen molar-refractivity contribution in [1.82, 2.24) is 25.2 Å². The molecule has 1 aliphatic rings. The molecule has 0 unspecified atom stereocenters. The van der Waals surface area contributed by atoms with Crippen LogP contribution in [0.15, 0.2) is 45.3 Å². The summed E-state index contributed by atoms with van der Waals surface area (Å²) in [5, 5.41) is 12.2. The van der Waals surface area contributed by atoms with Crippen LogP contribution in [0.4, 0.5) is 0 Å². The van der Waals surface area contributed by atoms with Crippen molar-refractivity contribution in [2.45, 2.75) is 32.7 Å². The van der Waals surface area contributed by atoms with Crippen LogP contribution in [0.2, 0.25) is 0 Å². The van der Waals surface area contributed by atoms with E-state index in [2.05, 4.69) is 20.3 Å². The van der Waals surface area contributed by atoms with E-state index < -0.39 is 0 Å². The highest BCUT2D eigenvalue weighted by molar-refractivity contribution is 5.76. The van der Waals surface area contributed by atoms with Gasteiger partial charge in [0, 0.05) is 57.2 Å². The lowest BCUT2D eigenvalue weighted by atomic mass is 10.2. The summed E-state index contributed by atoms with van der Waals surface area (Å²) in [7, 11) is 0. The maximum atomic E-state index is 12.5. The molecule has 1 saturated heterocycles. The third kappa shape index (κ3) is 5.08. The number of piperazine rings is 1. The van der Waals surface area contributed by atoms with Crippen LogP contribution in [0.5, 0.6) is 0 Å². The second-order valence-corrected chi connectivity index (χ2v) is 7.31. The normalized spacial score (nSPS) is 15.0. The third-order valence-electron chi connectivity index (χ3n) is 5.06. The summed E-state index contributed by atoms with van der Waals surface area (Å²) in [4.78, 5) is 16.7. The molecule has 2 aromatic heterocycles. The van der Waals surface area contributed by atoms with E-state index in [0.29, 0.717) is 31.0 Å². The molecule has 0 bridgehead atoms. The Labute approximate surface area is 169 Å². The summed E-state index contributed by atoms with van der Waals surface area (Å²) in [5.74, 6) is 2.10. The molecule has 29 heavy (non-hydrogen) atoms. The molecule has 0 atom stereocenters. The van der Waals surface area contributed by atoms with E-state index in [9.17, 15) is 4.79 Å². The maximum absolute atomic E-state index is 12.5. The van der Waals surface area contributed by atoms with Gasteiger partial charge < -0.3 is 13.8 Å². The minimum absolute atomic E-state index is 0.185. The number of carbonyl (C=O) groups is 1. The molecule has 152 valence electrons. The monoisotopic (exact) mass is 395 g/mol. The lowest BCUT2D eigenvalue weighted by molar-refractivity contribution is -0.133. The van der Waals surface area contributed by atoms with Crippen LogP contribution in [-0.4, -0.2) is 57.2 Å². The first-order valence-electron chi connectivity index (χ1n) is 9.97. The Morgan fingerprint density at radius 3 is 2.62 bits per heavy atom. The number of hydrogen-bond donors (Lipinski definition) is 0. The first kappa shape index (κ1) is 19.3. The van der Waals surface area contributed by atoms with E-state index in [-0.39, 0.29) is 5.91 Å². The molecule has 0 aliphatic carbocycles. The van der Waals surface area contributed by atoms with Gasteiger partial charge in [-0.25, -0.2) is 0 Å². The van der Waals surface area contributed by atoms with Gasteiger partial charge in [-0.15, -0.1) is 10.2 Å². The van der Waals surface area contributed by atoms with E-state index in [1.54, 1.807) is 0 Å². The summed E-state index contributed by atoms with van der Waals surface area (Å²) in [6.45, 7) is 5.84. The van der Waals surface area contributed by atoms with Gasteiger partial charge in [-0.2, -0.15) is 0 Å². The van der Waals surface area contributed by atoms with Gasteiger partial charge in [0.25, 0.3) is 0 Å². The maximum Gasteiger partial charge on any atom is 0.247 e. The Kier molecular flexibility index (Phi) is 6.00. The molecular formula is C21H25N5O3. The van der Waals surface area contributed by atoms with E-state index in [1.165, 1.54) is 0 Å². The van der Waals surface area contributed by atoms with Crippen LogP contribution in [0.1, 0.15) is 30.2 Å². The van der Waals surface area contributed by atoms with Crippen molar-refractivity contribution in [3.63, 3.8) is 0 Å². The minimum Gasteiger partial charge on any atom is -0.421 e. The smallest absolute Gasteiger partial charge is 0.247 e. The highest BCUT2D eigenvalue weighted by Gasteiger charge is 2.21. The quantitative estimate of drug-likeness (QED) is 0.608. The van der Waals surface area contributed by atoms with E-state index in [0.717, 1.165) is 49.7 Å². The fourth-order valence-corrected chi connectivity index (χ4v) is 3.48. The lowest BCUT2D eigenvalue weighted by Gasteiger charge is -2.34. The van der Waals surface area contributed by atoms with Crippen LogP contribution in [0, 0.1) is 6.92 Å². The second kappa shape index (κ2) is 9.00. The zero-order valence-electron chi connectivity index (χ0n) is 16.6. The molecule has 8 nitrogen and oxygen atoms in total. The molecule has 0 spiro atoms. The van der Waals surface area contributed by atoms with Crippen molar-refractivity contribution in [3.05, 3.63) is 53.7 Å². The Morgan fingerprint density at radius 2 is 1.90 bits per heavy atom. The first-order chi connectivity index (χ1) is 14.2. The van der Waals surface area contributed by atoms with Crippen LogP contribution >= 0.6 is 0 Å². The van der Waals surface area contributed by atoms with Crippen molar-refractivity contribution in [2.75, 3.05) is 26.2 Å². The molecule has 1 amide bonds. The van der Waals surface area contributed by atoms with E-state index in [1.807, 2.05) is 48.2 Å². The molecule has 1 aromatic carbocycles. The fourth-order valence-electron chi connectivity index (χ4n) is 3.48. The summed E-state index contributed by atoms with van der Waals surface area (Å²) >= 11 is 0. The average molecular weight is 395 g/mol. The molecular weight excluding hydrogens is 370 g/mol. The van der Waals surface area contributed by atoms with Crippen molar-refractivity contribution < 1.29 is 13.7 Å². The number of aryl methyl sites for hydroxylation is 2. The summed E-state index contributed by atoms with van der Waals surface area (Å²) < 4.78 is 10.8. The minimum atomic E-state index is 0.185. The fraction of sp³-hybridized carbons (Fsp3) is 0.429. The number of rotatable bonds is 7. The van der Waals surface area contributed by atoms with Crippen molar-refractivity contribution in [1.29, 1.82) is 0 Å². The van der Waals surface area contributed by atoms with Gasteiger partial charge in [0.05, 0.1) is 5.69 Å². The molecule has 8 heteroatoms. The number of benzene rings is 1. The average Bonchev–Trinajstić information content (AvgIpc) is 3.38. The zero-order chi connectivity index (χ0) is 20.1. The largest absolute Gasteiger partial charge is 0.421 e. The zero-order valence-corrected chi connectivity index (χ0v) is 16.6. The van der Waals surface area contributed by atoms with Crippen molar-refractivity contribution in [2.24, 2.45) is 0 Å². The Morgan fingerprint density at radius 1 is 1.10 bits per heavy atom. The molecule has 4 rings (SSSR count). The Balaban J connectivity index is 1.18. The Hall–Kier alpha value is -3.00.